The Balaban J connectivity index is 2.82. The SMILES string of the molecule is C=P(C)(C)C#Cc1cc(-n2c(=O)cc(C(F)(F)F)n(C)c2=O)c(C)cc1Cl. The Morgan fingerprint density at radius 1 is 1.19 bits per heavy atom. The van der Waals surface area contributed by atoms with Crippen LogP contribution in [0.15, 0.2) is 27.8 Å². The molecule has 0 amide bonds. The number of benzene rings is 1. The van der Waals surface area contributed by atoms with E-state index in [1.807, 2.05) is 13.3 Å². The van der Waals surface area contributed by atoms with Crippen LogP contribution in [0, 0.1) is 18.5 Å². The van der Waals surface area contributed by atoms with E-state index in [4.69, 9.17) is 11.6 Å². The van der Waals surface area contributed by atoms with E-state index in [2.05, 4.69) is 17.9 Å². The maximum atomic E-state index is 13.0. The van der Waals surface area contributed by atoms with Gasteiger partial charge in [-0.2, -0.15) is 13.2 Å². The van der Waals surface area contributed by atoms with Gasteiger partial charge < -0.3 is 0 Å². The van der Waals surface area contributed by atoms with Gasteiger partial charge in [-0.3, -0.25) is 9.36 Å². The van der Waals surface area contributed by atoms with Crippen molar-refractivity contribution in [2.24, 2.45) is 7.05 Å². The van der Waals surface area contributed by atoms with Gasteiger partial charge in [-0.15, -0.1) is 0 Å². The molecule has 0 atom stereocenters. The molecule has 2 rings (SSSR count). The molecule has 1 aromatic heterocycles. The van der Waals surface area contributed by atoms with Gasteiger partial charge in [-0.1, -0.05) is 29.5 Å². The maximum Gasteiger partial charge on any atom is 0.431 e. The molecule has 9 heteroatoms. The minimum absolute atomic E-state index is 0.128. The molecule has 0 spiro atoms. The fourth-order valence-electron chi connectivity index (χ4n) is 2.33. The lowest BCUT2D eigenvalue weighted by Crippen LogP contribution is -2.41. The molecule has 27 heavy (non-hydrogen) atoms. The first kappa shape index (κ1) is 21.1. The number of rotatable bonds is 1. The number of halogens is 4. The van der Waals surface area contributed by atoms with Crippen LogP contribution in [0.4, 0.5) is 13.2 Å². The Labute approximate surface area is 159 Å². The Kier molecular flexibility index (Phi) is 5.56. The van der Waals surface area contributed by atoms with Gasteiger partial charge in [0, 0.05) is 18.7 Å². The first-order valence-corrected chi connectivity index (χ1v) is 10.9. The fourth-order valence-corrected chi connectivity index (χ4v) is 3.02. The third-order valence-electron chi connectivity index (χ3n) is 3.63. The zero-order valence-corrected chi connectivity index (χ0v) is 16.8. The molecule has 4 nitrogen and oxygen atoms in total. The van der Waals surface area contributed by atoms with Crippen molar-refractivity contribution in [2.75, 3.05) is 13.3 Å². The molecule has 0 unspecified atom stereocenters. The van der Waals surface area contributed by atoms with E-state index in [9.17, 15) is 22.8 Å². The van der Waals surface area contributed by atoms with Crippen LogP contribution < -0.4 is 11.2 Å². The van der Waals surface area contributed by atoms with Crippen LogP contribution in [-0.4, -0.2) is 28.8 Å². The second-order valence-corrected chi connectivity index (χ2v) is 10.6. The summed E-state index contributed by atoms with van der Waals surface area (Å²) < 4.78 is 40.1. The van der Waals surface area contributed by atoms with Gasteiger partial charge in [0.25, 0.3) is 5.56 Å². The molecule has 0 aliphatic rings. The van der Waals surface area contributed by atoms with Gasteiger partial charge in [0.1, 0.15) is 5.69 Å². The van der Waals surface area contributed by atoms with Crippen LogP contribution in [0.1, 0.15) is 16.8 Å². The van der Waals surface area contributed by atoms with Crippen LogP contribution >= 0.6 is 18.5 Å². The Morgan fingerprint density at radius 2 is 1.78 bits per heavy atom. The third-order valence-corrected chi connectivity index (χ3v) is 4.66. The summed E-state index contributed by atoms with van der Waals surface area (Å²) in [6, 6.07) is 3.33. The molecule has 144 valence electrons. The van der Waals surface area contributed by atoms with Crippen molar-refractivity contribution in [3.63, 3.8) is 0 Å². The highest BCUT2D eigenvalue weighted by molar-refractivity contribution is 7.77. The number of hydrogen-bond donors (Lipinski definition) is 0. The van der Waals surface area contributed by atoms with Crippen molar-refractivity contribution in [2.45, 2.75) is 13.1 Å². The zero-order valence-electron chi connectivity index (χ0n) is 15.1. The first-order chi connectivity index (χ1) is 12.2. The van der Waals surface area contributed by atoms with Gasteiger partial charge in [0.2, 0.25) is 0 Å². The summed E-state index contributed by atoms with van der Waals surface area (Å²) >= 11 is 6.18. The Morgan fingerprint density at radius 3 is 2.30 bits per heavy atom. The van der Waals surface area contributed by atoms with Crippen LogP contribution in [0.2, 0.25) is 5.02 Å². The first-order valence-electron chi connectivity index (χ1n) is 7.65. The van der Waals surface area contributed by atoms with Crippen molar-refractivity contribution in [3.8, 4) is 17.3 Å². The predicted molar refractivity (Wildman–Crippen MR) is 105 cm³/mol. The highest BCUT2D eigenvalue weighted by Crippen LogP contribution is 2.33. The largest absolute Gasteiger partial charge is 0.431 e. The van der Waals surface area contributed by atoms with Crippen molar-refractivity contribution in [1.82, 2.24) is 9.13 Å². The summed E-state index contributed by atoms with van der Waals surface area (Å²) in [5.41, 5.74) is 0.430. The zero-order chi connectivity index (χ0) is 20.7. The Hall–Kier alpha value is -2.16. The third kappa shape index (κ3) is 4.58. The number of alkyl halides is 3. The second-order valence-electron chi connectivity index (χ2n) is 6.58. The van der Waals surface area contributed by atoms with Crippen molar-refractivity contribution in [1.29, 1.82) is 0 Å². The van der Waals surface area contributed by atoms with Crippen molar-refractivity contribution < 1.29 is 13.2 Å². The molecule has 1 aromatic carbocycles. The topological polar surface area (TPSA) is 44.0 Å². The number of aryl methyl sites for hydroxylation is 1. The molecule has 0 aliphatic heterocycles. The molecular weight excluding hydrogens is 400 g/mol. The normalized spacial score (nSPS) is 11.9. The number of aromatic nitrogens is 2. The van der Waals surface area contributed by atoms with Crippen LogP contribution in [0.25, 0.3) is 5.69 Å². The van der Waals surface area contributed by atoms with Gasteiger partial charge in [-0.05, 0) is 44.8 Å². The molecule has 0 radical (unpaired) electrons. The maximum absolute atomic E-state index is 13.0. The number of nitrogens with zero attached hydrogens (tertiary/aromatic N) is 2. The summed E-state index contributed by atoms with van der Waals surface area (Å²) in [6.07, 6.45) is -0.853. The summed E-state index contributed by atoms with van der Waals surface area (Å²) in [5.74, 6) is 2.88. The molecule has 0 saturated carbocycles. The summed E-state index contributed by atoms with van der Waals surface area (Å²) in [4.78, 5) is 24.8. The highest BCUT2D eigenvalue weighted by Gasteiger charge is 2.35. The van der Waals surface area contributed by atoms with Crippen LogP contribution in [0.3, 0.4) is 0 Å². The van der Waals surface area contributed by atoms with E-state index < -0.39 is 30.0 Å². The predicted octanol–water partition coefficient (Wildman–Crippen LogP) is 3.54. The molecule has 2 aromatic rings. The van der Waals surface area contributed by atoms with E-state index >= 15 is 0 Å². The fraction of sp³-hybridized carbons (Fsp3) is 0.278. The van der Waals surface area contributed by atoms with Crippen LogP contribution in [-0.2, 0) is 13.2 Å². The standard InChI is InChI=1S/C18H17ClF3N2O2P/c1-11-8-13(19)12(6-7-27(3,4)5)9-14(11)24-16(25)10-15(18(20,21)22)23(2)17(24)26/h8-10H,3H2,1-2,4-5H3. The lowest BCUT2D eigenvalue weighted by molar-refractivity contribution is -0.144. The summed E-state index contributed by atoms with van der Waals surface area (Å²) in [7, 11) is 0.961. The quantitative estimate of drug-likeness (QED) is 0.527. The molecule has 0 N–H and O–H groups in total. The van der Waals surface area contributed by atoms with Gasteiger partial charge in [0.05, 0.1) is 10.7 Å². The second kappa shape index (κ2) is 7.10. The van der Waals surface area contributed by atoms with Gasteiger partial charge in [0.15, 0.2) is 0 Å². The molecule has 0 saturated heterocycles. The minimum Gasteiger partial charge on any atom is -0.292 e. The van der Waals surface area contributed by atoms with Crippen LogP contribution in [0.5, 0.6) is 0 Å². The summed E-state index contributed by atoms with van der Waals surface area (Å²) in [5, 5.41) is 0.314. The lowest BCUT2D eigenvalue weighted by Gasteiger charge is -2.15. The van der Waals surface area contributed by atoms with Gasteiger partial charge in [-0.25, -0.2) is 9.36 Å². The molecular formula is C18H17ClF3N2O2P. The highest BCUT2D eigenvalue weighted by atomic mass is 35.5. The van der Waals surface area contributed by atoms with E-state index in [1.165, 1.54) is 12.1 Å². The molecule has 0 bridgehead atoms. The number of hydrogen-bond acceptors (Lipinski definition) is 2. The van der Waals surface area contributed by atoms with Crippen molar-refractivity contribution >= 4 is 24.8 Å². The summed E-state index contributed by atoms with van der Waals surface area (Å²) in [6.45, 7) is 3.72. The Bertz CT molecular complexity index is 1140. The van der Waals surface area contributed by atoms with E-state index in [-0.39, 0.29) is 5.69 Å². The average Bonchev–Trinajstić information content (AvgIpc) is 2.49. The minimum atomic E-state index is -4.82. The molecule has 1 heterocycles. The molecule has 0 aliphatic carbocycles. The van der Waals surface area contributed by atoms with Crippen molar-refractivity contribution in [3.05, 3.63) is 60.9 Å². The lowest BCUT2D eigenvalue weighted by atomic mass is 10.1. The monoisotopic (exact) mass is 416 g/mol. The smallest absolute Gasteiger partial charge is 0.292 e. The van der Waals surface area contributed by atoms with E-state index in [0.717, 1.165) is 7.05 Å². The average molecular weight is 417 g/mol. The van der Waals surface area contributed by atoms with E-state index in [0.29, 0.717) is 31.4 Å². The van der Waals surface area contributed by atoms with E-state index in [1.54, 1.807) is 6.92 Å². The van der Waals surface area contributed by atoms with Gasteiger partial charge >= 0.3 is 11.9 Å². The molecule has 0 fully saturated rings.